The molecule has 1 aromatic carbocycles. The molecule has 5 nitrogen and oxygen atoms in total. The first-order valence-corrected chi connectivity index (χ1v) is 9.13. The van der Waals surface area contributed by atoms with E-state index < -0.39 is 6.10 Å². The first-order chi connectivity index (χ1) is 12.0. The highest BCUT2D eigenvalue weighted by molar-refractivity contribution is 6.31. The summed E-state index contributed by atoms with van der Waals surface area (Å²) >= 11 is 6.14. The summed E-state index contributed by atoms with van der Waals surface area (Å²) in [4.78, 5) is 5.98. The molecule has 1 aliphatic heterocycles. The minimum absolute atomic E-state index is 0.520. The standard InChI is InChI=1S/C19H23ClN4O/c1-12-16-8-14(20)4-5-17(16)21-19(12)11-23-6-3-7-24-15(10-23)9-18(22-24)13(2)25/h4-5,8-9,13,21,25H,3,6-7,10-11H2,1-2H3. The molecule has 2 aromatic heterocycles. The molecule has 3 heterocycles. The Morgan fingerprint density at radius 2 is 2.16 bits per heavy atom. The van der Waals surface area contributed by atoms with Crippen LogP contribution >= 0.6 is 11.6 Å². The van der Waals surface area contributed by atoms with Crippen molar-refractivity contribution < 1.29 is 5.11 Å². The van der Waals surface area contributed by atoms with Crippen molar-refractivity contribution in [3.63, 3.8) is 0 Å². The number of aryl methyl sites for hydroxylation is 2. The molecule has 1 aliphatic rings. The van der Waals surface area contributed by atoms with Crippen LogP contribution in [0.15, 0.2) is 24.3 Å². The number of hydrogen-bond acceptors (Lipinski definition) is 3. The Labute approximate surface area is 152 Å². The SMILES string of the molecule is Cc1c(CN2CCCn3nc(C(C)O)cc3C2)[nH]c2ccc(Cl)cc12. The van der Waals surface area contributed by atoms with Gasteiger partial charge in [0.25, 0.3) is 0 Å². The summed E-state index contributed by atoms with van der Waals surface area (Å²) in [6.07, 6.45) is 0.535. The molecule has 0 aliphatic carbocycles. The van der Waals surface area contributed by atoms with Crippen LogP contribution in [0.4, 0.5) is 0 Å². The lowest BCUT2D eigenvalue weighted by molar-refractivity contribution is 0.193. The molecule has 132 valence electrons. The number of halogens is 1. The molecule has 1 atom stereocenters. The lowest BCUT2D eigenvalue weighted by atomic mass is 10.1. The van der Waals surface area contributed by atoms with Crippen molar-refractivity contribution in [2.24, 2.45) is 0 Å². The summed E-state index contributed by atoms with van der Waals surface area (Å²) < 4.78 is 2.04. The van der Waals surface area contributed by atoms with E-state index in [9.17, 15) is 5.11 Å². The van der Waals surface area contributed by atoms with Gasteiger partial charge in [-0.1, -0.05) is 11.6 Å². The average Bonchev–Trinajstić information content (AvgIpc) is 3.04. The Hall–Kier alpha value is -1.82. The normalized spacial score (nSPS) is 16.8. The maximum absolute atomic E-state index is 9.78. The molecule has 1 unspecified atom stereocenters. The van der Waals surface area contributed by atoms with Gasteiger partial charge in [0.15, 0.2) is 0 Å². The molecule has 25 heavy (non-hydrogen) atoms. The van der Waals surface area contributed by atoms with Crippen molar-refractivity contribution in [2.45, 2.75) is 46.0 Å². The van der Waals surface area contributed by atoms with Gasteiger partial charge < -0.3 is 10.1 Å². The van der Waals surface area contributed by atoms with Crippen LogP contribution in [-0.4, -0.2) is 31.3 Å². The third-order valence-corrected chi connectivity index (χ3v) is 5.28. The number of rotatable bonds is 3. The molecule has 0 bridgehead atoms. The number of aromatic amines is 1. The number of hydrogen-bond donors (Lipinski definition) is 2. The fourth-order valence-electron chi connectivity index (χ4n) is 3.63. The first kappa shape index (κ1) is 16.6. The lowest BCUT2D eigenvalue weighted by Crippen LogP contribution is -2.23. The molecular weight excluding hydrogens is 336 g/mol. The summed E-state index contributed by atoms with van der Waals surface area (Å²) in [7, 11) is 0. The van der Waals surface area contributed by atoms with Gasteiger partial charge in [-0.05, 0) is 50.1 Å². The lowest BCUT2D eigenvalue weighted by Gasteiger charge is -2.19. The number of aliphatic hydroxyl groups is 1. The monoisotopic (exact) mass is 358 g/mol. The highest BCUT2D eigenvalue weighted by atomic mass is 35.5. The van der Waals surface area contributed by atoms with Crippen LogP contribution in [0.3, 0.4) is 0 Å². The van der Waals surface area contributed by atoms with Crippen molar-refractivity contribution in [2.75, 3.05) is 6.54 Å². The number of H-pyrrole nitrogens is 1. The summed E-state index contributed by atoms with van der Waals surface area (Å²) in [5.74, 6) is 0. The minimum Gasteiger partial charge on any atom is -0.387 e. The zero-order valence-corrected chi connectivity index (χ0v) is 15.3. The molecule has 0 saturated carbocycles. The molecule has 0 radical (unpaired) electrons. The predicted octanol–water partition coefficient (Wildman–Crippen LogP) is 3.79. The van der Waals surface area contributed by atoms with Crippen LogP contribution in [-0.2, 0) is 19.6 Å². The van der Waals surface area contributed by atoms with Gasteiger partial charge in [0, 0.05) is 47.8 Å². The molecule has 6 heteroatoms. The summed E-state index contributed by atoms with van der Waals surface area (Å²) in [6.45, 7) is 7.56. The van der Waals surface area contributed by atoms with Crippen LogP contribution in [0.5, 0.6) is 0 Å². The van der Waals surface area contributed by atoms with E-state index >= 15 is 0 Å². The van der Waals surface area contributed by atoms with Gasteiger partial charge in [0.05, 0.1) is 17.5 Å². The van der Waals surface area contributed by atoms with Gasteiger partial charge in [0.1, 0.15) is 0 Å². The zero-order chi connectivity index (χ0) is 17.6. The van der Waals surface area contributed by atoms with E-state index in [0.717, 1.165) is 48.8 Å². The number of aromatic nitrogens is 3. The second-order valence-corrected chi connectivity index (χ2v) is 7.38. The van der Waals surface area contributed by atoms with Crippen molar-refractivity contribution in [1.29, 1.82) is 0 Å². The quantitative estimate of drug-likeness (QED) is 0.749. The molecule has 3 aromatic rings. The van der Waals surface area contributed by atoms with Crippen molar-refractivity contribution in [3.8, 4) is 0 Å². The van der Waals surface area contributed by atoms with Crippen LogP contribution in [0.25, 0.3) is 10.9 Å². The molecule has 2 N–H and O–H groups in total. The van der Waals surface area contributed by atoms with E-state index in [1.165, 1.54) is 22.3 Å². The maximum atomic E-state index is 9.78. The molecule has 0 saturated heterocycles. The minimum atomic E-state index is -0.520. The van der Waals surface area contributed by atoms with E-state index in [0.29, 0.717) is 0 Å². The number of benzene rings is 1. The second kappa shape index (κ2) is 6.48. The van der Waals surface area contributed by atoms with Gasteiger partial charge in [-0.3, -0.25) is 9.58 Å². The second-order valence-electron chi connectivity index (χ2n) is 6.94. The Bertz CT molecular complexity index is 912. The van der Waals surface area contributed by atoms with Gasteiger partial charge in [-0.15, -0.1) is 0 Å². The fourth-order valence-corrected chi connectivity index (χ4v) is 3.80. The van der Waals surface area contributed by atoms with Gasteiger partial charge in [-0.2, -0.15) is 5.10 Å². The van der Waals surface area contributed by atoms with E-state index in [2.05, 4.69) is 21.9 Å². The number of nitrogens with zero attached hydrogens (tertiary/aromatic N) is 3. The highest BCUT2D eigenvalue weighted by Crippen LogP contribution is 2.27. The number of aliphatic hydroxyl groups excluding tert-OH is 1. The highest BCUT2D eigenvalue weighted by Gasteiger charge is 2.19. The summed E-state index contributed by atoms with van der Waals surface area (Å²) in [6, 6.07) is 8.02. The van der Waals surface area contributed by atoms with Crippen molar-refractivity contribution >= 4 is 22.5 Å². The summed E-state index contributed by atoms with van der Waals surface area (Å²) in [5, 5.41) is 16.3. The molecule has 4 rings (SSSR count). The first-order valence-electron chi connectivity index (χ1n) is 8.75. The van der Waals surface area contributed by atoms with E-state index in [1.807, 2.05) is 28.9 Å². The fraction of sp³-hybridized carbons (Fsp3) is 0.421. The maximum Gasteiger partial charge on any atom is 0.0950 e. The van der Waals surface area contributed by atoms with E-state index in [-0.39, 0.29) is 0 Å². The summed E-state index contributed by atoms with van der Waals surface area (Å²) in [5.41, 5.74) is 5.56. The van der Waals surface area contributed by atoms with E-state index in [1.54, 1.807) is 6.92 Å². The van der Waals surface area contributed by atoms with Gasteiger partial charge in [-0.25, -0.2) is 0 Å². The number of fused-ring (bicyclic) bond motifs is 2. The van der Waals surface area contributed by atoms with Gasteiger partial charge >= 0.3 is 0 Å². The van der Waals surface area contributed by atoms with Crippen molar-refractivity contribution in [3.05, 3.63) is 51.9 Å². The molecule has 0 fully saturated rings. The van der Waals surface area contributed by atoms with Gasteiger partial charge in [0.2, 0.25) is 0 Å². The average molecular weight is 359 g/mol. The van der Waals surface area contributed by atoms with E-state index in [4.69, 9.17) is 11.6 Å². The van der Waals surface area contributed by atoms with Crippen LogP contribution in [0, 0.1) is 6.92 Å². The zero-order valence-electron chi connectivity index (χ0n) is 14.6. The smallest absolute Gasteiger partial charge is 0.0950 e. The molecule has 0 spiro atoms. The Kier molecular flexibility index (Phi) is 4.31. The third kappa shape index (κ3) is 3.19. The Morgan fingerprint density at radius 1 is 1.32 bits per heavy atom. The number of nitrogens with one attached hydrogen (secondary N) is 1. The Balaban J connectivity index is 1.59. The Morgan fingerprint density at radius 3 is 2.96 bits per heavy atom. The van der Waals surface area contributed by atoms with Crippen molar-refractivity contribution in [1.82, 2.24) is 19.7 Å². The van der Waals surface area contributed by atoms with Crippen LogP contribution < -0.4 is 0 Å². The van der Waals surface area contributed by atoms with Crippen LogP contribution in [0.1, 0.15) is 42.1 Å². The largest absolute Gasteiger partial charge is 0.387 e. The predicted molar refractivity (Wildman–Crippen MR) is 99.6 cm³/mol. The molecule has 0 amide bonds. The topological polar surface area (TPSA) is 57.1 Å². The molecular formula is C19H23ClN4O. The van der Waals surface area contributed by atoms with Crippen LogP contribution in [0.2, 0.25) is 5.02 Å². The third-order valence-electron chi connectivity index (χ3n) is 5.05.